The molecule has 1 aliphatic rings. The van der Waals surface area contributed by atoms with Gasteiger partial charge in [0, 0.05) is 12.2 Å². The normalized spacial score (nSPS) is 16.5. The van der Waals surface area contributed by atoms with Crippen LogP contribution in [0.15, 0.2) is 4.90 Å². The molecule has 0 aliphatic carbocycles. The van der Waals surface area contributed by atoms with E-state index in [4.69, 9.17) is 16.7 Å². The molecule has 100 valence electrons. The van der Waals surface area contributed by atoms with Crippen LogP contribution < -0.4 is 5.32 Å². The number of aryl methyl sites for hydroxylation is 1. The smallest absolute Gasteiger partial charge is 0.382 e. The molecule has 1 unspecified atom stereocenters. The second kappa shape index (κ2) is 5.10. The van der Waals surface area contributed by atoms with Crippen LogP contribution in [0.3, 0.4) is 0 Å². The van der Waals surface area contributed by atoms with Crippen molar-refractivity contribution in [1.82, 2.24) is 9.97 Å². The number of halogens is 4. The van der Waals surface area contributed by atoms with Crippen molar-refractivity contribution in [2.45, 2.75) is 23.6 Å². The molecule has 1 aliphatic heterocycles. The van der Waals surface area contributed by atoms with E-state index in [1.165, 1.54) is 11.8 Å². The number of aromatic nitrogens is 2. The van der Waals surface area contributed by atoms with E-state index in [1.807, 2.05) is 0 Å². The van der Waals surface area contributed by atoms with Crippen LogP contribution in [0.1, 0.15) is 5.69 Å². The summed E-state index contributed by atoms with van der Waals surface area (Å²) in [6, 6.07) is 0. The van der Waals surface area contributed by atoms with Gasteiger partial charge in [0.25, 0.3) is 0 Å². The van der Waals surface area contributed by atoms with Crippen LogP contribution in [-0.4, -0.2) is 39.7 Å². The van der Waals surface area contributed by atoms with Crippen molar-refractivity contribution in [3.63, 3.8) is 0 Å². The van der Waals surface area contributed by atoms with Gasteiger partial charge in [0.15, 0.2) is 6.10 Å². The van der Waals surface area contributed by atoms with E-state index in [9.17, 15) is 13.2 Å². The zero-order valence-corrected chi connectivity index (χ0v) is 10.5. The van der Waals surface area contributed by atoms with Crippen molar-refractivity contribution in [3.05, 3.63) is 11.0 Å². The average Bonchev–Trinajstić information content (AvgIpc) is 2.71. The minimum Gasteiger partial charge on any atom is -0.382 e. The van der Waals surface area contributed by atoms with Crippen molar-refractivity contribution in [2.24, 2.45) is 0 Å². The molecule has 0 spiro atoms. The zero-order chi connectivity index (χ0) is 13.3. The number of alkyl halides is 3. The maximum Gasteiger partial charge on any atom is 0.416 e. The van der Waals surface area contributed by atoms with Crippen LogP contribution >= 0.6 is 23.4 Å². The minimum absolute atomic E-state index is 0.0137. The summed E-state index contributed by atoms with van der Waals surface area (Å²) in [5, 5.41) is 11.3. The van der Waals surface area contributed by atoms with Crippen LogP contribution in [0, 0.1) is 0 Å². The van der Waals surface area contributed by atoms with Crippen molar-refractivity contribution in [2.75, 3.05) is 17.6 Å². The fraction of sp³-hybridized carbons (Fsp3) is 0.556. The molecule has 1 aromatic rings. The lowest BCUT2D eigenvalue weighted by molar-refractivity contribution is -0.198. The Labute approximate surface area is 110 Å². The van der Waals surface area contributed by atoms with Crippen molar-refractivity contribution in [1.29, 1.82) is 0 Å². The summed E-state index contributed by atoms with van der Waals surface area (Å²) in [6.07, 6.45) is -6.38. The number of nitrogens with zero attached hydrogens (tertiary/aromatic N) is 2. The third-order valence-corrected chi connectivity index (χ3v) is 3.63. The first-order chi connectivity index (χ1) is 8.38. The van der Waals surface area contributed by atoms with E-state index in [1.54, 1.807) is 0 Å². The second-order valence-corrected chi connectivity index (χ2v) is 5.10. The molecule has 4 nitrogen and oxygen atoms in total. The predicted octanol–water partition coefficient (Wildman–Crippen LogP) is 2.11. The highest BCUT2D eigenvalue weighted by molar-refractivity contribution is 7.99. The van der Waals surface area contributed by atoms with Gasteiger partial charge in [-0.1, -0.05) is 0 Å². The standard InChI is InChI=1S/C9H9ClF3N3OS/c10-8-15-4-1-2-18-6(4)7(16-8)14-3-5(17)9(11,12)13/h5,17H,1-3H2,(H,14,15,16). The number of aliphatic hydroxyl groups is 1. The van der Waals surface area contributed by atoms with Gasteiger partial charge in [-0.05, 0) is 11.6 Å². The Balaban J connectivity index is 2.11. The molecule has 9 heteroatoms. The van der Waals surface area contributed by atoms with Gasteiger partial charge in [0.1, 0.15) is 5.82 Å². The Kier molecular flexibility index (Phi) is 3.88. The fourth-order valence-corrected chi connectivity index (χ4v) is 2.72. The monoisotopic (exact) mass is 299 g/mol. The van der Waals surface area contributed by atoms with Crippen molar-refractivity contribution < 1.29 is 18.3 Å². The van der Waals surface area contributed by atoms with Gasteiger partial charge in [-0.3, -0.25) is 0 Å². The second-order valence-electron chi connectivity index (χ2n) is 3.65. The highest BCUT2D eigenvalue weighted by Crippen LogP contribution is 2.36. The number of thioether (sulfide) groups is 1. The molecule has 2 heterocycles. The summed E-state index contributed by atoms with van der Waals surface area (Å²) >= 11 is 7.13. The first-order valence-electron chi connectivity index (χ1n) is 5.06. The minimum atomic E-state index is -4.65. The highest BCUT2D eigenvalue weighted by Gasteiger charge is 2.38. The molecular weight excluding hydrogens is 291 g/mol. The Morgan fingerprint density at radius 3 is 2.83 bits per heavy atom. The fourth-order valence-electron chi connectivity index (χ4n) is 1.47. The SMILES string of the molecule is OC(CNc1nc(Cl)nc2c1SCC2)C(F)(F)F. The van der Waals surface area contributed by atoms with Crippen molar-refractivity contribution >= 4 is 29.2 Å². The summed E-state index contributed by atoms with van der Waals surface area (Å²) in [6.45, 7) is -0.663. The quantitative estimate of drug-likeness (QED) is 0.837. The molecule has 0 saturated heterocycles. The predicted molar refractivity (Wildman–Crippen MR) is 62.0 cm³/mol. The van der Waals surface area contributed by atoms with Gasteiger partial charge in [-0.2, -0.15) is 18.2 Å². The number of nitrogens with one attached hydrogen (secondary N) is 1. The Morgan fingerprint density at radius 1 is 1.44 bits per heavy atom. The molecule has 0 amide bonds. The van der Waals surface area contributed by atoms with E-state index in [-0.39, 0.29) is 11.1 Å². The zero-order valence-electron chi connectivity index (χ0n) is 8.96. The number of aliphatic hydroxyl groups excluding tert-OH is 1. The molecule has 0 bridgehead atoms. The van der Waals surface area contributed by atoms with E-state index in [0.717, 1.165) is 11.4 Å². The van der Waals surface area contributed by atoms with E-state index >= 15 is 0 Å². The molecule has 2 rings (SSSR count). The van der Waals surface area contributed by atoms with E-state index in [2.05, 4.69) is 15.3 Å². The third kappa shape index (κ3) is 2.99. The van der Waals surface area contributed by atoms with Gasteiger partial charge in [-0.15, -0.1) is 11.8 Å². The maximum absolute atomic E-state index is 12.2. The topological polar surface area (TPSA) is 58.0 Å². The summed E-state index contributed by atoms with van der Waals surface area (Å²) in [4.78, 5) is 8.54. The lowest BCUT2D eigenvalue weighted by atomic mass is 10.3. The third-order valence-electron chi connectivity index (χ3n) is 2.33. The highest BCUT2D eigenvalue weighted by atomic mass is 35.5. The van der Waals surface area contributed by atoms with Gasteiger partial charge in [0.05, 0.1) is 17.1 Å². The lowest BCUT2D eigenvalue weighted by Gasteiger charge is -2.16. The van der Waals surface area contributed by atoms with Crippen LogP contribution in [-0.2, 0) is 6.42 Å². The number of fused-ring (bicyclic) bond motifs is 1. The van der Waals surface area contributed by atoms with Crippen LogP contribution in [0.5, 0.6) is 0 Å². The molecule has 18 heavy (non-hydrogen) atoms. The van der Waals surface area contributed by atoms with E-state index in [0.29, 0.717) is 11.3 Å². The molecule has 0 radical (unpaired) electrons. The summed E-state index contributed by atoms with van der Waals surface area (Å²) < 4.78 is 36.5. The van der Waals surface area contributed by atoms with Crippen LogP contribution in [0.2, 0.25) is 5.28 Å². The lowest BCUT2D eigenvalue weighted by Crippen LogP contribution is -2.35. The molecule has 0 aromatic carbocycles. The largest absolute Gasteiger partial charge is 0.416 e. The number of hydrogen-bond donors (Lipinski definition) is 2. The van der Waals surface area contributed by atoms with Gasteiger partial charge >= 0.3 is 6.18 Å². The van der Waals surface area contributed by atoms with Gasteiger partial charge in [-0.25, -0.2) is 4.98 Å². The van der Waals surface area contributed by atoms with Crippen LogP contribution in [0.4, 0.5) is 19.0 Å². The summed E-state index contributed by atoms with van der Waals surface area (Å²) in [7, 11) is 0. The first kappa shape index (κ1) is 13.7. The molecule has 0 saturated carbocycles. The Hall–Kier alpha value is -0.730. The van der Waals surface area contributed by atoms with Gasteiger partial charge < -0.3 is 10.4 Å². The Bertz CT molecular complexity index is 457. The Morgan fingerprint density at radius 2 is 2.17 bits per heavy atom. The summed E-state index contributed by atoms with van der Waals surface area (Å²) in [5.74, 6) is 1.04. The molecule has 1 aromatic heterocycles. The number of anilines is 1. The molecule has 2 N–H and O–H groups in total. The first-order valence-corrected chi connectivity index (χ1v) is 6.42. The van der Waals surface area contributed by atoms with Gasteiger partial charge in [0.2, 0.25) is 5.28 Å². The van der Waals surface area contributed by atoms with E-state index < -0.39 is 18.8 Å². The van der Waals surface area contributed by atoms with Crippen LogP contribution in [0.25, 0.3) is 0 Å². The average molecular weight is 300 g/mol. The summed E-state index contributed by atoms with van der Waals surface area (Å²) in [5.41, 5.74) is 0.726. The molecule has 0 fully saturated rings. The molecule has 1 atom stereocenters. The maximum atomic E-state index is 12.2. The number of hydrogen-bond acceptors (Lipinski definition) is 5. The van der Waals surface area contributed by atoms with Crippen molar-refractivity contribution in [3.8, 4) is 0 Å². The number of rotatable bonds is 3. The molecular formula is C9H9ClF3N3OS.